The molecule has 1 unspecified atom stereocenters. The average molecular weight is 347 g/mol. The third kappa shape index (κ3) is 5.44. The second-order valence-electron chi connectivity index (χ2n) is 6.79. The number of benzene rings is 2. The minimum absolute atomic E-state index is 0.178. The summed E-state index contributed by atoms with van der Waals surface area (Å²) in [7, 11) is -3.57. The maximum atomic E-state index is 12.5. The van der Waals surface area contributed by atoms with Crippen molar-refractivity contribution in [3.63, 3.8) is 0 Å². The molecule has 0 spiro atoms. The number of nitrogens with one attached hydrogen (secondary N) is 1. The fourth-order valence-corrected chi connectivity index (χ4v) is 3.34. The predicted molar refractivity (Wildman–Crippen MR) is 96.4 cm³/mol. The Kier molecular flexibility index (Phi) is 5.80. The molecule has 2 aromatic rings. The molecule has 2 aromatic carbocycles. The molecule has 130 valence electrons. The predicted octanol–water partition coefficient (Wildman–Crippen LogP) is 3.83. The lowest BCUT2D eigenvalue weighted by molar-refractivity contribution is -0.0587. The highest BCUT2D eigenvalue weighted by Crippen LogP contribution is 2.24. The van der Waals surface area contributed by atoms with E-state index in [2.05, 4.69) is 4.72 Å². The Morgan fingerprint density at radius 3 is 2.12 bits per heavy atom. The molecule has 0 aliphatic carbocycles. The van der Waals surface area contributed by atoms with E-state index in [-0.39, 0.29) is 23.1 Å². The number of ether oxygens (including phenoxy) is 1. The van der Waals surface area contributed by atoms with E-state index in [1.54, 1.807) is 24.3 Å². The van der Waals surface area contributed by atoms with Gasteiger partial charge in [0.05, 0.1) is 16.6 Å². The zero-order chi connectivity index (χ0) is 17.8. The normalized spacial score (nSPS) is 13.7. The first-order valence-corrected chi connectivity index (χ1v) is 9.45. The molecule has 0 amide bonds. The molecule has 1 atom stereocenters. The summed E-state index contributed by atoms with van der Waals surface area (Å²) in [5, 5.41) is 0. The van der Waals surface area contributed by atoms with E-state index < -0.39 is 10.0 Å². The maximum Gasteiger partial charge on any atom is 0.240 e. The Morgan fingerprint density at radius 1 is 1.00 bits per heavy atom. The van der Waals surface area contributed by atoms with E-state index in [1.165, 1.54) is 0 Å². The summed E-state index contributed by atoms with van der Waals surface area (Å²) >= 11 is 0. The zero-order valence-electron chi connectivity index (χ0n) is 14.6. The van der Waals surface area contributed by atoms with Crippen molar-refractivity contribution >= 4 is 10.0 Å². The van der Waals surface area contributed by atoms with Crippen LogP contribution in [0.3, 0.4) is 0 Å². The van der Waals surface area contributed by atoms with Gasteiger partial charge < -0.3 is 4.74 Å². The number of hydrogen-bond donors (Lipinski definition) is 1. The van der Waals surface area contributed by atoms with Gasteiger partial charge in [-0.1, -0.05) is 48.0 Å². The summed E-state index contributed by atoms with van der Waals surface area (Å²) in [5.74, 6) is 0. The van der Waals surface area contributed by atoms with Crippen molar-refractivity contribution in [1.29, 1.82) is 0 Å². The molecule has 0 aliphatic rings. The molecule has 1 N–H and O–H groups in total. The molecule has 0 saturated heterocycles. The highest BCUT2D eigenvalue weighted by atomic mass is 32.2. The van der Waals surface area contributed by atoms with Crippen LogP contribution in [-0.4, -0.2) is 20.6 Å². The fourth-order valence-electron chi connectivity index (χ4n) is 2.31. The summed E-state index contributed by atoms with van der Waals surface area (Å²) < 4.78 is 33.7. The minimum Gasteiger partial charge on any atom is -0.367 e. The van der Waals surface area contributed by atoms with Crippen LogP contribution in [-0.2, 0) is 14.8 Å². The Bertz CT molecular complexity index is 747. The third-order valence-corrected chi connectivity index (χ3v) is 4.90. The van der Waals surface area contributed by atoms with Crippen molar-refractivity contribution < 1.29 is 13.2 Å². The van der Waals surface area contributed by atoms with E-state index in [0.717, 1.165) is 11.1 Å². The molecule has 0 radical (unpaired) electrons. The highest BCUT2D eigenvalue weighted by molar-refractivity contribution is 7.89. The lowest BCUT2D eigenvalue weighted by Crippen LogP contribution is -2.33. The minimum atomic E-state index is -3.57. The van der Waals surface area contributed by atoms with Gasteiger partial charge in [-0.15, -0.1) is 0 Å². The van der Waals surface area contributed by atoms with Gasteiger partial charge in [0, 0.05) is 6.54 Å². The Morgan fingerprint density at radius 2 is 1.58 bits per heavy atom. The van der Waals surface area contributed by atoms with Crippen LogP contribution in [0.1, 0.15) is 38.0 Å². The molecular weight excluding hydrogens is 322 g/mol. The number of rotatable bonds is 6. The van der Waals surface area contributed by atoms with Gasteiger partial charge in [0.2, 0.25) is 10.0 Å². The monoisotopic (exact) mass is 347 g/mol. The van der Waals surface area contributed by atoms with Crippen molar-refractivity contribution in [3.05, 3.63) is 65.7 Å². The van der Waals surface area contributed by atoms with E-state index >= 15 is 0 Å². The number of sulfonamides is 1. The second-order valence-corrected chi connectivity index (χ2v) is 8.56. The first-order chi connectivity index (χ1) is 11.2. The maximum absolute atomic E-state index is 12.5. The Balaban J connectivity index is 2.16. The van der Waals surface area contributed by atoms with Gasteiger partial charge >= 0.3 is 0 Å². The Hall–Kier alpha value is -1.69. The average Bonchev–Trinajstić information content (AvgIpc) is 2.52. The van der Waals surface area contributed by atoms with E-state index in [4.69, 9.17) is 4.74 Å². The molecule has 0 aromatic heterocycles. The molecular formula is C19H25NO3S. The van der Waals surface area contributed by atoms with E-state index in [0.29, 0.717) is 0 Å². The summed E-state index contributed by atoms with van der Waals surface area (Å²) in [4.78, 5) is 0.260. The lowest BCUT2D eigenvalue weighted by Gasteiger charge is -2.28. The largest absolute Gasteiger partial charge is 0.367 e. The van der Waals surface area contributed by atoms with Crippen LogP contribution < -0.4 is 4.72 Å². The topological polar surface area (TPSA) is 55.4 Å². The van der Waals surface area contributed by atoms with Gasteiger partial charge in [0.15, 0.2) is 0 Å². The van der Waals surface area contributed by atoms with Crippen LogP contribution in [0.25, 0.3) is 0 Å². The van der Waals surface area contributed by atoms with Crippen molar-refractivity contribution in [1.82, 2.24) is 4.72 Å². The van der Waals surface area contributed by atoms with Crippen molar-refractivity contribution in [2.24, 2.45) is 0 Å². The van der Waals surface area contributed by atoms with Crippen molar-refractivity contribution in [2.45, 2.75) is 44.3 Å². The quantitative estimate of drug-likeness (QED) is 0.864. The highest BCUT2D eigenvalue weighted by Gasteiger charge is 2.23. The molecule has 0 saturated carbocycles. The molecule has 4 nitrogen and oxygen atoms in total. The summed E-state index contributed by atoms with van der Waals surface area (Å²) in [6, 6.07) is 16.4. The van der Waals surface area contributed by atoms with Crippen molar-refractivity contribution in [2.75, 3.05) is 6.54 Å². The Labute approximate surface area is 144 Å². The zero-order valence-corrected chi connectivity index (χ0v) is 15.4. The van der Waals surface area contributed by atoms with Gasteiger partial charge in [-0.3, -0.25) is 0 Å². The fraction of sp³-hybridized carbons (Fsp3) is 0.368. The van der Waals surface area contributed by atoms with Gasteiger partial charge in [0.25, 0.3) is 0 Å². The van der Waals surface area contributed by atoms with Crippen LogP contribution in [0, 0.1) is 6.92 Å². The standard InChI is InChI=1S/C19H25NO3S/c1-15-10-12-17(13-11-15)24(21,22)20-14-18(23-19(2,3)4)16-8-6-5-7-9-16/h5-13,18,20H,14H2,1-4H3. The first kappa shape index (κ1) is 18.6. The molecule has 0 heterocycles. The van der Waals surface area contributed by atoms with Crippen LogP contribution in [0.4, 0.5) is 0 Å². The molecule has 0 bridgehead atoms. The van der Waals surface area contributed by atoms with Gasteiger partial charge in [-0.05, 0) is 45.4 Å². The summed E-state index contributed by atoms with van der Waals surface area (Å²) in [6.07, 6.45) is -0.355. The van der Waals surface area contributed by atoms with Gasteiger partial charge in [-0.2, -0.15) is 0 Å². The van der Waals surface area contributed by atoms with Gasteiger partial charge in [-0.25, -0.2) is 13.1 Å². The molecule has 0 aliphatic heterocycles. The van der Waals surface area contributed by atoms with E-state index in [9.17, 15) is 8.42 Å². The number of hydrogen-bond acceptors (Lipinski definition) is 3. The molecule has 0 fully saturated rings. The SMILES string of the molecule is Cc1ccc(S(=O)(=O)NCC(OC(C)(C)C)c2ccccc2)cc1. The van der Waals surface area contributed by atoms with Crippen LogP contribution in [0.2, 0.25) is 0 Å². The molecule has 5 heteroatoms. The van der Waals surface area contributed by atoms with E-state index in [1.807, 2.05) is 58.0 Å². The first-order valence-electron chi connectivity index (χ1n) is 7.96. The van der Waals surface area contributed by atoms with Crippen LogP contribution in [0.15, 0.2) is 59.5 Å². The smallest absolute Gasteiger partial charge is 0.240 e. The number of aryl methyl sites for hydroxylation is 1. The summed E-state index contributed by atoms with van der Waals surface area (Å²) in [6.45, 7) is 7.97. The second kappa shape index (κ2) is 7.47. The summed E-state index contributed by atoms with van der Waals surface area (Å²) in [5.41, 5.74) is 1.58. The molecule has 24 heavy (non-hydrogen) atoms. The van der Waals surface area contributed by atoms with Crippen LogP contribution >= 0.6 is 0 Å². The third-order valence-electron chi connectivity index (χ3n) is 3.46. The van der Waals surface area contributed by atoms with Crippen molar-refractivity contribution in [3.8, 4) is 0 Å². The van der Waals surface area contributed by atoms with Gasteiger partial charge in [0.1, 0.15) is 0 Å². The van der Waals surface area contributed by atoms with Crippen LogP contribution in [0.5, 0.6) is 0 Å². The lowest BCUT2D eigenvalue weighted by atomic mass is 10.1. The molecule has 2 rings (SSSR count).